The third kappa shape index (κ3) is 2.72. The molecule has 3 atom stereocenters. The molecule has 2 aliphatic rings. The van der Waals surface area contributed by atoms with E-state index in [2.05, 4.69) is 37.6 Å². The summed E-state index contributed by atoms with van der Waals surface area (Å²) < 4.78 is 5.90. The van der Waals surface area contributed by atoms with Crippen LogP contribution in [0.1, 0.15) is 33.6 Å². The molecule has 0 radical (unpaired) electrons. The Kier molecular flexibility index (Phi) is 4.32. The molecule has 0 aliphatic carbocycles. The molecule has 0 spiro atoms. The molecular formula is C14H29N3O. The van der Waals surface area contributed by atoms with Crippen molar-refractivity contribution in [2.24, 2.45) is 5.73 Å². The van der Waals surface area contributed by atoms with Crippen molar-refractivity contribution in [2.75, 3.05) is 33.2 Å². The Morgan fingerprint density at radius 3 is 2.28 bits per heavy atom. The lowest BCUT2D eigenvalue weighted by atomic mass is 9.81. The van der Waals surface area contributed by atoms with Crippen LogP contribution in [0.25, 0.3) is 0 Å². The van der Waals surface area contributed by atoms with E-state index in [0.29, 0.717) is 18.2 Å². The van der Waals surface area contributed by atoms with Gasteiger partial charge in [-0.25, -0.2) is 0 Å². The summed E-state index contributed by atoms with van der Waals surface area (Å²) in [5, 5.41) is 0. The zero-order chi connectivity index (χ0) is 13.3. The largest absolute Gasteiger partial charge is 0.375 e. The summed E-state index contributed by atoms with van der Waals surface area (Å²) in [6, 6.07) is 0.588. The van der Waals surface area contributed by atoms with Crippen LogP contribution >= 0.6 is 0 Å². The van der Waals surface area contributed by atoms with E-state index in [1.165, 1.54) is 0 Å². The van der Waals surface area contributed by atoms with Gasteiger partial charge in [0.25, 0.3) is 0 Å². The van der Waals surface area contributed by atoms with Crippen LogP contribution in [0, 0.1) is 0 Å². The minimum Gasteiger partial charge on any atom is -0.375 e. The van der Waals surface area contributed by atoms with E-state index in [1.54, 1.807) is 0 Å². The lowest BCUT2D eigenvalue weighted by molar-refractivity contribution is -0.121. The molecule has 2 N–H and O–H groups in total. The van der Waals surface area contributed by atoms with E-state index in [1.807, 2.05) is 0 Å². The second-order valence-electron chi connectivity index (χ2n) is 6.40. The molecule has 106 valence electrons. The van der Waals surface area contributed by atoms with Crippen LogP contribution in [-0.4, -0.2) is 66.8 Å². The maximum atomic E-state index is 6.18. The molecule has 18 heavy (non-hydrogen) atoms. The highest BCUT2D eigenvalue weighted by Crippen LogP contribution is 2.35. The summed E-state index contributed by atoms with van der Waals surface area (Å²) in [6.45, 7) is 10.9. The van der Waals surface area contributed by atoms with Gasteiger partial charge in [-0.15, -0.1) is 0 Å². The van der Waals surface area contributed by atoms with Gasteiger partial charge in [-0.1, -0.05) is 0 Å². The van der Waals surface area contributed by atoms with E-state index < -0.39 is 0 Å². The molecule has 2 rings (SSSR count). The predicted octanol–water partition coefficient (Wildman–Crippen LogP) is 0.907. The highest BCUT2D eigenvalue weighted by molar-refractivity contribution is 5.01. The Morgan fingerprint density at radius 2 is 1.78 bits per heavy atom. The first-order valence-corrected chi connectivity index (χ1v) is 7.27. The molecule has 2 aliphatic heterocycles. The van der Waals surface area contributed by atoms with E-state index >= 15 is 0 Å². The van der Waals surface area contributed by atoms with Gasteiger partial charge in [-0.05, 0) is 40.7 Å². The molecule has 0 amide bonds. The topological polar surface area (TPSA) is 41.7 Å². The highest BCUT2D eigenvalue weighted by atomic mass is 16.5. The van der Waals surface area contributed by atoms with Gasteiger partial charge in [0.2, 0.25) is 0 Å². The fraction of sp³-hybridized carbons (Fsp3) is 1.00. The van der Waals surface area contributed by atoms with Gasteiger partial charge in [0.05, 0.1) is 12.2 Å². The van der Waals surface area contributed by atoms with Gasteiger partial charge in [-0.2, -0.15) is 0 Å². The molecule has 0 aromatic heterocycles. The maximum Gasteiger partial charge on any atom is 0.0568 e. The Labute approximate surface area is 111 Å². The third-order valence-electron chi connectivity index (χ3n) is 4.62. The number of rotatable bonds is 2. The second kappa shape index (κ2) is 5.45. The molecule has 4 heteroatoms. The monoisotopic (exact) mass is 255 g/mol. The number of hydrogen-bond acceptors (Lipinski definition) is 4. The van der Waals surface area contributed by atoms with Crippen LogP contribution in [0.2, 0.25) is 0 Å². The molecule has 2 saturated heterocycles. The Bertz CT molecular complexity index is 274. The standard InChI is InChI=1S/C14H29N3O/c1-11-9-16(4)5-6-17(11)14(10-15)7-12(2)18-13(3)8-14/h11-13H,5-10,15H2,1-4H3. The predicted molar refractivity (Wildman–Crippen MR) is 74.7 cm³/mol. The van der Waals surface area contributed by atoms with Gasteiger partial charge < -0.3 is 15.4 Å². The van der Waals surface area contributed by atoms with E-state index in [4.69, 9.17) is 10.5 Å². The van der Waals surface area contributed by atoms with Crippen LogP contribution in [0.15, 0.2) is 0 Å². The number of nitrogens with zero attached hydrogens (tertiary/aromatic N) is 2. The Hall–Kier alpha value is -0.160. The van der Waals surface area contributed by atoms with Crippen molar-refractivity contribution in [3.05, 3.63) is 0 Å². The molecule has 2 fully saturated rings. The van der Waals surface area contributed by atoms with Gasteiger partial charge in [0.15, 0.2) is 0 Å². The zero-order valence-electron chi connectivity index (χ0n) is 12.4. The molecular weight excluding hydrogens is 226 g/mol. The SMILES string of the molecule is CC1CC(CN)(N2CCN(C)CC2C)CC(C)O1. The van der Waals surface area contributed by atoms with Crippen LogP contribution in [0.3, 0.4) is 0 Å². The van der Waals surface area contributed by atoms with Crippen molar-refractivity contribution in [1.29, 1.82) is 0 Å². The molecule has 0 saturated carbocycles. The van der Waals surface area contributed by atoms with Gasteiger partial charge in [-0.3, -0.25) is 4.90 Å². The Morgan fingerprint density at radius 1 is 1.17 bits per heavy atom. The normalized spacial score (nSPS) is 44.2. The maximum absolute atomic E-state index is 6.18. The lowest BCUT2D eigenvalue weighted by Crippen LogP contribution is -2.66. The van der Waals surface area contributed by atoms with E-state index in [9.17, 15) is 0 Å². The van der Waals surface area contributed by atoms with Gasteiger partial charge in [0, 0.05) is 37.8 Å². The smallest absolute Gasteiger partial charge is 0.0568 e. The summed E-state index contributed by atoms with van der Waals surface area (Å²) in [4.78, 5) is 5.07. The van der Waals surface area contributed by atoms with Crippen molar-refractivity contribution in [1.82, 2.24) is 9.80 Å². The first kappa shape index (κ1) is 14.3. The summed E-state index contributed by atoms with van der Waals surface area (Å²) in [5.41, 5.74) is 6.33. The van der Waals surface area contributed by atoms with Crippen LogP contribution < -0.4 is 5.73 Å². The van der Waals surface area contributed by atoms with Crippen molar-refractivity contribution in [3.8, 4) is 0 Å². The minimum atomic E-state index is 0.151. The average Bonchev–Trinajstić information content (AvgIpc) is 2.27. The third-order valence-corrected chi connectivity index (χ3v) is 4.62. The summed E-state index contributed by atoms with van der Waals surface area (Å²) in [7, 11) is 2.21. The number of nitrogens with two attached hydrogens (primary N) is 1. The molecule has 0 bridgehead atoms. The van der Waals surface area contributed by atoms with Gasteiger partial charge >= 0.3 is 0 Å². The summed E-state index contributed by atoms with van der Waals surface area (Å²) >= 11 is 0. The van der Waals surface area contributed by atoms with Gasteiger partial charge in [0.1, 0.15) is 0 Å². The molecule has 0 aromatic carbocycles. The second-order valence-corrected chi connectivity index (χ2v) is 6.40. The molecule has 2 heterocycles. The van der Waals surface area contributed by atoms with Crippen molar-refractivity contribution in [3.63, 3.8) is 0 Å². The first-order chi connectivity index (χ1) is 8.47. The van der Waals surface area contributed by atoms with Crippen LogP contribution in [0.4, 0.5) is 0 Å². The molecule has 3 unspecified atom stereocenters. The summed E-state index contributed by atoms with van der Waals surface area (Å²) in [5.74, 6) is 0. The number of piperazine rings is 1. The summed E-state index contributed by atoms with van der Waals surface area (Å²) in [6.07, 6.45) is 2.79. The van der Waals surface area contributed by atoms with Crippen LogP contribution in [-0.2, 0) is 4.74 Å². The first-order valence-electron chi connectivity index (χ1n) is 7.27. The van der Waals surface area contributed by atoms with Crippen molar-refractivity contribution in [2.45, 2.75) is 57.4 Å². The number of hydrogen-bond donors (Lipinski definition) is 1. The fourth-order valence-electron chi connectivity index (χ4n) is 4.01. The number of likely N-dealkylation sites (N-methyl/N-ethyl adjacent to an activating group) is 1. The number of ether oxygens (including phenoxy) is 1. The quantitative estimate of drug-likeness (QED) is 0.796. The fourth-order valence-corrected chi connectivity index (χ4v) is 4.01. The lowest BCUT2D eigenvalue weighted by Gasteiger charge is -2.54. The van der Waals surface area contributed by atoms with Crippen molar-refractivity contribution < 1.29 is 4.74 Å². The van der Waals surface area contributed by atoms with Crippen molar-refractivity contribution >= 4 is 0 Å². The highest BCUT2D eigenvalue weighted by Gasteiger charge is 2.44. The Balaban J connectivity index is 2.15. The minimum absolute atomic E-state index is 0.151. The molecule has 4 nitrogen and oxygen atoms in total. The average molecular weight is 255 g/mol. The zero-order valence-corrected chi connectivity index (χ0v) is 12.4. The van der Waals surface area contributed by atoms with E-state index in [-0.39, 0.29) is 5.54 Å². The van der Waals surface area contributed by atoms with E-state index in [0.717, 1.165) is 39.0 Å². The van der Waals surface area contributed by atoms with Crippen LogP contribution in [0.5, 0.6) is 0 Å². The molecule has 0 aromatic rings.